The van der Waals surface area contributed by atoms with Crippen molar-refractivity contribution in [2.75, 3.05) is 0 Å². The molecule has 0 aliphatic rings. The minimum absolute atomic E-state index is 0.0481. The zero-order valence-electron chi connectivity index (χ0n) is 6.89. The van der Waals surface area contributed by atoms with E-state index in [2.05, 4.69) is 18.2 Å². The maximum Gasteiger partial charge on any atom is 0.126 e. The topological polar surface area (TPSA) is 32.6 Å². The van der Waals surface area contributed by atoms with Crippen LogP contribution < -0.4 is 0 Å². The van der Waals surface area contributed by atoms with Gasteiger partial charge < -0.3 is 5.11 Å². The van der Waals surface area contributed by atoms with Crippen molar-refractivity contribution in [1.29, 1.82) is 0 Å². The van der Waals surface area contributed by atoms with Crippen LogP contribution in [0.1, 0.15) is 20.8 Å². The van der Waals surface area contributed by atoms with Gasteiger partial charge >= 0.3 is 0 Å². The Bertz CT molecular complexity index is 120. The molecule has 0 atom stereocenters. The molecule has 0 bridgehead atoms. The molecule has 0 aromatic carbocycles. The van der Waals surface area contributed by atoms with Gasteiger partial charge in [0.15, 0.2) is 0 Å². The molecule has 10 heavy (non-hydrogen) atoms. The van der Waals surface area contributed by atoms with Crippen LogP contribution in [0, 0.1) is 0 Å². The molecule has 0 amide bonds. The Labute approximate surface area is 62.6 Å². The van der Waals surface area contributed by atoms with Crippen LogP contribution in [0.25, 0.3) is 0 Å². The van der Waals surface area contributed by atoms with Gasteiger partial charge in [0.1, 0.15) is 5.76 Å². The monoisotopic (exact) mass is 141 g/mol. The molecule has 2 nitrogen and oxygen atoms in total. The molecule has 1 N–H and O–H groups in total. The molecule has 2 heteroatoms. The summed E-state index contributed by atoms with van der Waals surface area (Å²) in [4.78, 5) is 3.66. The third-order valence-corrected chi connectivity index (χ3v) is 0.434. The molecule has 0 heterocycles. The summed E-state index contributed by atoms with van der Waals surface area (Å²) in [6.07, 6.45) is 1.25. The number of rotatable bonds is 2. The van der Waals surface area contributed by atoms with E-state index in [0.29, 0.717) is 5.70 Å². The van der Waals surface area contributed by atoms with Gasteiger partial charge in [0.25, 0.3) is 0 Å². The summed E-state index contributed by atoms with van der Waals surface area (Å²) in [7, 11) is 0. The maximum atomic E-state index is 8.42. The standard InChI is InChI=1S/C6H9NO.C2H6/c1-5(2)7-4-6(3)8;1-2/h4,8H,1,3H2,2H3;1-2H3. The largest absolute Gasteiger partial charge is 0.507 e. The average Bonchev–Trinajstić information content (AvgIpc) is 1.89. The summed E-state index contributed by atoms with van der Waals surface area (Å²) in [5.74, 6) is -0.0481. The van der Waals surface area contributed by atoms with Crippen LogP contribution in [0.15, 0.2) is 29.6 Å². The minimum atomic E-state index is -0.0481. The summed E-state index contributed by atoms with van der Waals surface area (Å²) < 4.78 is 0. The summed E-state index contributed by atoms with van der Waals surface area (Å²) in [5, 5.41) is 8.42. The first-order valence-electron chi connectivity index (χ1n) is 3.20. The Hall–Kier alpha value is -1.05. The highest BCUT2D eigenvalue weighted by Gasteiger charge is 1.75. The molecular weight excluding hydrogens is 126 g/mol. The van der Waals surface area contributed by atoms with Crippen molar-refractivity contribution >= 4 is 6.21 Å². The fourth-order valence-electron chi connectivity index (χ4n) is 0.185. The molecule has 0 aromatic heterocycles. The number of aliphatic hydroxyl groups is 1. The van der Waals surface area contributed by atoms with Crippen molar-refractivity contribution in [2.24, 2.45) is 4.99 Å². The third kappa shape index (κ3) is 15.8. The van der Waals surface area contributed by atoms with Crippen molar-refractivity contribution < 1.29 is 5.11 Å². The number of aliphatic imine (C=N–C) groups is 1. The minimum Gasteiger partial charge on any atom is -0.507 e. The first-order chi connectivity index (χ1) is 4.63. The second-order valence-electron chi connectivity index (χ2n) is 1.48. The van der Waals surface area contributed by atoms with E-state index in [0.717, 1.165) is 0 Å². The lowest BCUT2D eigenvalue weighted by Crippen LogP contribution is -1.76. The van der Waals surface area contributed by atoms with Crippen LogP contribution in [0.5, 0.6) is 0 Å². The predicted molar refractivity (Wildman–Crippen MR) is 46.4 cm³/mol. The van der Waals surface area contributed by atoms with Crippen molar-refractivity contribution in [1.82, 2.24) is 0 Å². The number of nitrogens with zero attached hydrogens (tertiary/aromatic N) is 1. The fraction of sp³-hybridized carbons (Fsp3) is 0.375. The molecule has 0 aliphatic heterocycles. The summed E-state index contributed by atoms with van der Waals surface area (Å²) >= 11 is 0. The normalized spacial score (nSPS) is 8.30. The van der Waals surface area contributed by atoms with Gasteiger partial charge in [-0.15, -0.1) is 0 Å². The molecule has 0 aliphatic carbocycles. The zero-order chi connectivity index (χ0) is 8.57. The van der Waals surface area contributed by atoms with Crippen LogP contribution in [0.2, 0.25) is 0 Å². The molecule has 0 unspecified atom stereocenters. The van der Waals surface area contributed by atoms with E-state index in [-0.39, 0.29) is 5.76 Å². The summed E-state index contributed by atoms with van der Waals surface area (Å²) in [6, 6.07) is 0. The number of hydrogen-bond donors (Lipinski definition) is 1. The van der Waals surface area contributed by atoms with Gasteiger partial charge in [-0.2, -0.15) is 0 Å². The van der Waals surface area contributed by atoms with E-state index in [1.165, 1.54) is 6.21 Å². The van der Waals surface area contributed by atoms with E-state index in [1.807, 2.05) is 13.8 Å². The van der Waals surface area contributed by atoms with E-state index in [9.17, 15) is 0 Å². The maximum absolute atomic E-state index is 8.42. The Morgan fingerprint density at radius 1 is 1.40 bits per heavy atom. The van der Waals surface area contributed by atoms with E-state index in [4.69, 9.17) is 5.11 Å². The van der Waals surface area contributed by atoms with Gasteiger partial charge in [-0.3, -0.25) is 4.99 Å². The predicted octanol–water partition coefficient (Wildman–Crippen LogP) is 2.69. The van der Waals surface area contributed by atoms with Crippen LogP contribution in [0.3, 0.4) is 0 Å². The lowest BCUT2D eigenvalue weighted by Gasteiger charge is -1.83. The lowest BCUT2D eigenvalue weighted by molar-refractivity contribution is 0.449. The number of allylic oxidation sites excluding steroid dienone is 2. The van der Waals surface area contributed by atoms with Gasteiger partial charge in [-0.25, -0.2) is 0 Å². The molecule has 0 spiro atoms. The quantitative estimate of drug-likeness (QED) is 0.465. The van der Waals surface area contributed by atoms with E-state index >= 15 is 0 Å². The van der Waals surface area contributed by atoms with Gasteiger partial charge in [0, 0.05) is 5.70 Å². The average molecular weight is 141 g/mol. The second-order valence-corrected chi connectivity index (χ2v) is 1.48. The molecular formula is C8H15NO. The summed E-state index contributed by atoms with van der Waals surface area (Å²) in [5.41, 5.74) is 0.653. The van der Waals surface area contributed by atoms with E-state index in [1.54, 1.807) is 6.92 Å². The van der Waals surface area contributed by atoms with Gasteiger partial charge in [0.05, 0.1) is 6.21 Å². The second kappa shape index (κ2) is 7.95. The van der Waals surface area contributed by atoms with Crippen LogP contribution in [0.4, 0.5) is 0 Å². The molecule has 58 valence electrons. The molecule has 0 radical (unpaired) electrons. The van der Waals surface area contributed by atoms with Crippen molar-refractivity contribution in [3.8, 4) is 0 Å². The number of hydrogen-bond acceptors (Lipinski definition) is 2. The molecule has 0 saturated heterocycles. The van der Waals surface area contributed by atoms with Gasteiger partial charge in [-0.05, 0) is 6.92 Å². The SMILES string of the molecule is C=C(O)C=NC(=C)C.CC. The molecule has 0 rings (SSSR count). The van der Waals surface area contributed by atoms with Gasteiger partial charge in [0.2, 0.25) is 0 Å². The highest BCUT2D eigenvalue weighted by atomic mass is 16.3. The number of aliphatic hydroxyl groups excluding tert-OH is 1. The first kappa shape index (κ1) is 11.7. The highest BCUT2D eigenvalue weighted by molar-refractivity contribution is 5.75. The summed E-state index contributed by atoms with van der Waals surface area (Å²) in [6.45, 7) is 12.4. The smallest absolute Gasteiger partial charge is 0.126 e. The Balaban J connectivity index is 0. The van der Waals surface area contributed by atoms with Crippen molar-refractivity contribution in [3.63, 3.8) is 0 Å². The van der Waals surface area contributed by atoms with Crippen molar-refractivity contribution in [3.05, 3.63) is 24.6 Å². The zero-order valence-corrected chi connectivity index (χ0v) is 6.89. The van der Waals surface area contributed by atoms with Crippen LogP contribution in [-0.2, 0) is 0 Å². The fourth-order valence-corrected chi connectivity index (χ4v) is 0.185. The Kier molecular flexibility index (Phi) is 9.31. The molecule has 0 aromatic rings. The van der Waals surface area contributed by atoms with E-state index < -0.39 is 0 Å². The van der Waals surface area contributed by atoms with Gasteiger partial charge in [-0.1, -0.05) is 27.0 Å². The Morgan fingerprint density at radius 3 is 1.90 bits per heavy atom. The third-order valence-electron chi connectivity index (χ3n) is 0.434. The van der Waals surface area contributed by atoms with Crippen LogP contribution >= 0.6 is 0 Å². The first-order valence-corrected chi connectivity index (χ1v) is 3.20. The Morgan fingerprint density at radius 2 is 1.80 bits per heavy atom. The molecule has 0 fully saturated rings. The highest BCUT2D eigenvalue weighted by Crippen LogP contribution is 1.86. The van der Waals surface area contributed by atoms with Crippen LogP contribution in [-0.4, -0.2) is 11.3 Å². The lowest BCUT2D eigenvalue weighted by atomic mass is 10.5. The van der Waals surface area contributed by atoms with Crippen molar-refractivity contribution in [2.45, 2.75) is 20.8 Å². The molecule has 0 saturated carbocycles.